The van der Waals surface area contributed by atoms with Crippen molar-refractivity contribution in [1.29, 1.82) is 0 Å². The van der Waals surface area contributed by atoms with E-state index in [9.17, 15) is 4.79 Å². The first-order valence-corrected chi connectivity index (χ1v) is 4.56. The molecule has 2 heteroatoms. The maximum absolute atomic E-state index is 11.3. The van der Waals surface area contributed by atoms with Gasteiger partial charge in [0.2, 0.25) is 5.91 Å². The Morgan fingerprint density at radius 1 is 1.31 bits per heavy atom. The Kier molecular flexibility index (Phi) is 2.05. The van der Waals surface area contributed by atoms with E-state index >= 15 is 0 Å². The molecular weight excluding hydrogens is 162 g/mol. The van der Waals surface area contributed by atoms with Crippen LogP contribution in [0.5, 0.6) is 0 Å². The Balaban J connectivity index is 2.17. The fraction of sp³-hybridized carbons (Fsp3) is 0.364. The fourth-order valence-electron chi connectivity index (χ4n) is 1.81. The van der Waals surface area contributed by atoms with Gasteiger partial charge in [-0.15, -0.1) is 0 Å². The van der Waals surface area contributed by atoms with Gasteiger partial charge in [-0.05, 0) is 5.56 Å². The molecule has 2 nitrogen and oxygen atoms in total. The van der Waals surface area contributed by atoms with Crippen molar-refractivity contribution in [2.24, 2.45) is 0 Å². The topological polar surface area (TPSA) is 20.3 Å². The van der Waals surface area contributed by atoms with Crippen LogP contribution in [-0.2, 0) is 4.79 Å². The molecule has 1 heterocycles. The molecule has 1 fully saturated rings. The molecule has 1 aliphatic heterocycles. The molecule has 68 valence electrons. The van der Waals surface area contributed by atoms with Crippen LogP contribution < -0.4 is 0 Å². The van der Waals surface area contributed by atoms with Crippen LogP contribution in [0.2, 0.25) is 0 Å². The van der Waals surface area contributed by atoms with Gasteiger partial charge in [0.15, 0.2) is 0 Å². The highest BCUT2D eigenvalue weighted by Crippen LogP contribution is 2.26. The highest BCUT2D eigenvalue weighted by atomic mass is 16.2. The Morgan fingerprint density at radius 3 is 2.54 bits per heavy atom. The van der Waals surface area contributed by atoms with E-state index in [0.717, 1.165) is 6.54 Å². The summed E-state index contributed by atoms with van der Waals surface area (Å²) >= 11 is 0. The number of hydrogen-bond acceptors (Lipinski definition) is 1. The van der Waals surface area contributed by atoms with Crippen molar-refractivity contribution in [3.05, 3.63) is 35.9 Å². The molecule has 0 radical (unpaired) electrons. The second-order valence-electron chi connectivity index (χ2n) is 3.59. The zero-order chi connectivity index (χ0) is 9.26. The van der Waals surface area contributed by atoms with Crippen LogP contribution in [0.1, 0.15) is 17.9 Å². The summed E-state index contributed by atoms with van der Waals surface area (Å²) in [5, 5.41) is 0. The van der Waals surface area contributed by atoms with E-state index in [4.69, 9.17) is 0 Å². The number of amides is 1. The molecule has 0 unspecified atom stereocenters. The lowest BCUT2D eigenvalue weighted by atomic mass is 9.99. The summed E-state index contributed by atoms with van der Waals surface area (Å²) < 4.78 is 0. The molecule has 2 rings (SSSR count). The van der Waals surface area contributed by atoms with Crippen LogP contribution in [0, 0.1) is 0 Å². The van der Waals surface area contributed by atoms with Crippen molar-refractivity contribution in [3.63, 3.8) is 0 Å². The van der Waals surface area contributed by atoms with Crippen molar-refractivity contribution < 1.29 is 4.79 Å². The van der Waals surface area contributed by atoms with E-state index in [1.54, 1.807) is 4.90 Å². The van der Waals surface area contributed by atoms with Gasteiger partial charge in [-0.25, -0.2) is 0 Å². The second-order valence-corrected chi connectivity index (χ2v) is 3.59. The number of rotatable bonds is 1. The fourth-order valence-corrected chi connectivity index (χ4v) is 1.81. The molecule has 13 heavy (non-hydrogen) atoms. The molecule has 0 bridgehead atoms. The number of nitrogens with zero attached hydrogens (tertiary/aromatic N) is 1. The molecule has 0 aliphatic carbocycles. The molecule has 1 saturated heterocycles. The molecule has 0 saturated carbocycles. The van der Waals surface area contributed by atoms with Crippen molar-refractivity contribution in [1.82, 2.24) is 4.90 Å². The summed E-state index contributed by atoms with van der Waals surface area (Å²) in [6.45, 7) is 0.864. The van der Waals surface area contributed by atoms with Crippen LogP contribution in [0.3, 0.4) is 0 Å². The highest BCUT2D eigenvalue weighted by Gasteiger charge is 2.27. The first kappa shape index (κ1) is 8.30. The Hall–Kier alpha value is -1.31. The minimum atomic E-state index is 0.258. The summed E-state index contributed by atoms with van der Waals surface area (Å²) in [6, 6.07) is 10.2. The van der Waals surface area contributed by atoms with Gasteiger partial charge in [0, 0.05) is 25.9 Å². The standard InChI is InChI=1S/C11H13NO/c1-12-8-10(7-11(12)13)9-5-3-2-4-6-9/h2-6,10H,7-8H2,1H3/t10-/m0/s1. The lowest BCUT2D eigenvalue weighted by molar-refractivity contribution is -0.126. The number of carbonyl (C=O) groups is 1. The van der Waals surface area contributed by atoms with Gasteiger partial charge in [-0.3, -0.25) is 4.79 Å². The number of likely N-dealkylation sites (tertiary alicyclic amines) is 1. The number of carbonyl (C=O) groups excluding carboxylic acids is 1. The summed E-state index contributed by atoms with van der Waals surface area (Å²) in [4.78, 5) is 13.1. The smallest absolute Gasteiger partial charge is 0.223 e. The number of hydrogen-bond donors (Lipinski definition) is 0. The third-order valence-electron chi connectivity index (χ3n) is 2.61. The third-order valence-corrected chi connectivity index (χ3v) is 2.61. The van der Waals surface area contributed by atoms with Gasteiger partial charge < -0.3 is 4.90 Å². The quantitative estimate of drug-likeness (QED) is 0.635. The van der Waals surface area contributed by atoms with E-state index in [2.05, 4.69) is 12.1 Å². The number of likely N-dealkylation sites (N-methyl/N-ethyl adjacent to an activating group) is 1. The van der Waals surface area contributed by atoms with E-state index in [-0.39, 0.29) is 5.91 Å². The minimum Gasteiger partial charge on any atom is -0.345 e. The van der Waals surface area contributed by atoms with Crippen molar-refractivity contribution in [2.75, 3.05) is 13.6 Å². The lowest BCUT2D eigenvalue weighted by Gasteiger charge is -2.09. The summed E-state index contributed by atoms with van der Waals surface area (Å²) in [7, 11) is 1.87. The summed E-state index contributed by atoms with van der Waals surface area (Å²) in [6.07, 6.45) is 0.667. The van der Waals surface area contributed by atoms with E-state index < -0.39 is 0 Å². The van der Waals surface area contributed by atoms with E-state index in [0.29, 0.717) is 12.3 Å². The van der Waals surface area contributed by atoms with Crippen LogP contribution in [0.15, 0.2) is 30.3 Å². The lowest BCUT2D eigenvalue weighted by Crippen LogP contribution is -2.18. The summed E-state index contributed by atoms with van der Waals surface area (Å²) in [5.74, 6) is 0.660. The maximum Gasteiger partial charge on any atom is 0.223 e. The first-order chi connectivity index (χ1) is 6.27. The monoisotopic (exact) mass is 175 g/mol. The molecule has 1 aromatic rings. The maximum atomic E-state index is 11.3. The van der Waals surface area contributed by atoms with Crippen LogP contribution in [0.25, 0.3) is 0 Å². The molecular formula is C11H13NO. The van der Waals surface area contributed by atoms with Crippen LogP contribution >= 0.6 is 0 Å². The van der Waals surface area contributed by atoms with Gasteiger partial charge in [-0.2, -0.15) is 0 Å². The first-order valence-electron chi connectivity index (χ1n) is 4.56. The highest BCUT2D eigenvalue weighted by molar-refractivity contribution is 5.79. The predicted molar refractivity (Wildman–Crippen MR) is 51.4 cm³/mol. The van der Waals surface area contributed by atoms with Gasteiger partial charge in [0.25, 0.3) is 0 Å². The van der Waals surface area contributed by atoms with Crippen LogP contribution in [0.4, 0.5) is 0 Å². The molecule has 0 aromatic heterocycles. The minimum absolute atomic E-state index is 0.258. The molecule has 1 aliphatic rings. The molecule has 1 atom stereocenters. The Labute approximate surface area is 78.2 Å². The largest absolute Gasteiger partial charge is 0.345 e. The molecule has 0 spiro atoms. The van der Waals surface area contributed by atoms with Crippen LogP contribution in [-0.4, -0.2) is 24.4 Å². The molecule has 1 amide bonds. The third kappa shape index (κ3) is 1.57. The zero-order valence-electron chi connectivity index (χ0n) is 7.73. The second kappa shape index (κ2) is 3.21. The van der Waals surface area contributed by atoms with Gasteiger partial charge in [0.1, 0.15) is 0 Å². The molecule has 0 N–H and O–H groups in total. The normalized spacial score (nSPS) is 22.4. The average Bonchev–Trinajstić information content (AvgIpc) is 2.49. The van der Waals surface area contributed by atoms with Gasteiger partial charge in [-0.1, -0.05) is 30.3 Å². The Bertz CT molecular complexity index is 307. The van der Waals surface area contributed by atoms with Crippen molar-refractivity contribution in [2.45, 2.75) is 12.3 Å². The predicted octanol–water partition coefficient (Wildman–Crippen LogP) is 1.63. The zero-order valence-corrected chi connectivity index (χ0v) is 7.73. The average molecular weight is 175 g/mol. The van der Waals surface area contributed by atoms with E-state index in [1.165, 1.54) is 5.56 Å². The summed E-state index contributed by atoms with van der Waals surface area (Å²) in [5.41, 5.74) is 1.28. The number of benzene rings is 1. The molecule has 1 aromatic carbocycles. The van der Waals surface area contributed by atoms with E-state index in [1.807, 2.05) is 25.2 Å². The van der Waals surface area contributed by atoms with Crippen molar-refractivity contribution in [3.8, 4) is 0 Å². The van der Waals surface area contributed by atoms with Gasteiger partial charge in [0.05, 0.1) is 0 Å². The van der Waals surface area contributed by atoms with Crippen molar-refractivity contribution >= 4 is 5.91 Å². The van der Waals surface area contributed by atoms with Gasteiger partial charge >= 0.3 is 0 Å². The SMILES string of the molecule is CN1C[C@@H](c2ccccc2)CC1=O. The Morgan fingerprint density at radius 2 is 2.00 bits per heavy atom.